The van der Waals surface area contributed by atoms with Crippen LogP contribution >= 0.6 is 0 Å². The Balaban J connectivity index is 2.08. The highest BCUT2D eigenvalue weighted by Crippen LogP contribution is 2.24. The van der Waals surface area contributed by atoms with Crippen LogP contribution in [0.4, 0.5) is 5.69 Å². The van der Waals surface area contributed by atoms with E-state index < -0.39 is 28.5 Å². The lowest BCUT2D eigenvalue weighted by atomic mass is 10.0. The normalized spacial score (nSPS) is 12.2. The average Bonchev–Trinajstić information content (AvgIpc) is 2.85. The van der Waals surface area contributed by atoms with Crippen LogP contribution in [0.5, 0.6) is 0 Å². The van der Waals surface area contributed by atoms with Crippen molar-refractivity contribution in [3.8, 4) is 0 Å². The Morgan fingerprint density at radius 2 is 1.42 bits per heavy atom. The number of anilines is 1. The quantitative estimate of drug-likeness (QED) is 0.398. The lowest BCUT2D eigenvalue weighted by Gasteiger charge is -2.34. The van der Waals surface area contributed by atoms with Crippen molar-refractivity contribution in [3.63, 3.8) is 0 Å². The van der Waals surface area contributed by atoms with Crippen molar-refractivity contribution in [2.45, 2.75) is 52.7 Å². The number of hydrogen-bond acceptors (Lipinski definition) is 4. The van der Waals surface area contributed by atoms with Crippen LogP contribution in [0.2, 0.25) is 0 Å². The van der Waals surface area contributed by atoms with Crippen LogP contribution in [0, 0.1) is 13.8 Å². The Hall–Kier alpha value is -3.65. The molecule has 38 heavy (non-hydrogen) atoms. The van der Waals surface area contributed by atoms with Gasteiger partial charge in [0.2, 0.25) is 21.8 Å². The molecule has 0 fully saturated rings. The van der Waals surface area contributed by atoms with Crippen molar-refractivity contribution in [1.82, 2.24) is 10.2 Å². The number of aryl methyl sites for hydroxylation is 2. The van der Waals surface area contributed by atoms with Crippen LogP contribution in [0.3, 0.4) is 0 Å². The molecule has 0 aliphatic rings. The van der Waals surface area contributed by atoms with Gasteiger partial charge in [0.05, 0.1) is 11.9 Å². The number of nitrogens with one attached hydrogen (secondary N) is 1. The average molecular weight is 536 g/mol. The van der Waals surface area contributed by atoms with Gasteiger partial charge in [0.1, 0.15) is 12.6 Å². The molecule has 2 amide bonds. The smallest absolute Gasteiger partial charge is 0.244 e. The van der Waals surface area contributed by atoms with Gasteiger partial charge in [-0.05, 0) is 56.0 Å². The van der Waals surface area contributed by atoms with Crippen molar-refractivity contribution >= 4 is 27.5 Å². The maximum Gasteiger partial charge on any atom is 0.244 e. The summed E-state index contributed by atoms with van der Waals surface area (Å²) in [7, 11) is -3.79. The van der Waals surface area contributed by atoms with Gasteiger partial charge in [0.15, 0.2) is 0 Å². The van der Waals surface area contributed by atoms with Crippen LogP contribution in [-0.4, -0.2) is 50.0 Å². The molecular formula is C30H37N3O4S. The summed E-state index contributed by atoms with van der Waals surface area (Å²) in [6, 6.07) is 23.3. The molecule has 0 aliphatic heterocycles. The van der Waals surface area contributed by atoms with Crippen molar-refractivity contribution < 1.29 is 18.0 Å². The van der Waals surface area contributed by atoms with Gasteiger partial charge in [-0.25, -0.2) is 8.42 Å². The number of rotatable bonds is 11. The maximum absolute atomic E-state index is 14.1. The molecule has 202 valence electrons. The molecule has 1 atom stereocenters. The number of hydrogen-bond donors (Lipinski definition) is 1. The van der Waals surface area contributed by atoms with Crippen molar-refractivity contribution in [3.05, 3.63) is 101 Å². The molecule has 0 radical (unpaired) electrons. The van der Waals surface area contributed by atoms with Crippen LogP contribution in [0.25, 0.3) is 0 Å². The summed E-state index contributed by atoms with van der Waals surface area (Å²) in [4.78, 5) is 29.1. The summed E-state index contributed by atoms with van der Waals surface area (Å²) in [5.41, 5.74) is 3.93. The predicted molar refractivity (Wildman–Crippen MR) is 152 cm³/mol. The minimum Gasteiger partial charge on any atom is -0.352 e. The topological polar surface area (TPSA) is 86.8 Å². The molecular weight excluding hydrogens is 498 g/mol. The van der Waals surface area contributed by atoms with E-state index in [0.717, 1.165) is 32.8 Å². The monoisotopic (exact) mass is 535 g/mol. The van der Waals surface area contributed by atoms with Gasteiger partial charge in [0, 0.05) is 19.0 Å². The van der Waals surface area contributed by atoms with Crippen molar-refractivity contribution in [1.29, 1.82) is 0 Å². The van der Waals surface area contributed by atoms with E-state index in [1.54, 1.807) is 25.1 Å². The first kappa shape index (κ1) is 28.9. The maximum atomic E-state index is 14.1. The van der Waals surface area contributed by atoms with Gasteiger partial charge < -0.3 is 10.2 Å². The van der Waals surface area contributed by atoms with Crippen LogP contribution in [-0.2, 0) is 32.6 Å². The SMILES string of the molecule is Cc1ccccc1CN(C(=O)CN(c1ccccc1C)S(C)(=O)=O)[C@H](Cc1ccccc1)C(=O)NC(C)C. The summed E-state index contributed by atoms with van der Waals surface area (Å²) in [5.74, 6) is -0.741. The molecule has 7 nitrogen and oxygen atoms in total. The zero-order valence-corrected chi connectivity index (χ0v) is 23.5. The number of carbonyl (C=O) groups excluding carboxylic acids is 2. The fraction of sp³-hybridized carbons (Fsp3) is 0.333. The Kier molecular flexibility index (Phi) is 9.69. The third kappa shape index (κ3) is 7.68. The van der Waals surface area contributed by atoms with Gasteiger partial charge in [-0.1, -0.05) is 72.8 Å². The molecule has 0 heterocycles. The molecule has 3 aromatic rings. The fourth-order valence-corrected chi connectivity index (χ4v) is 5.25. The second kappa shape index (κ2) is 12.7. The highest BCUT2D eigenvalue weighted by atomic mass is 32.2. The highest BCUT2D eigenvalue weighted by Gasteiger charge is 2.33. The fourth-order valence-electron chi connectivity index (χ4n) is 4.34. The number of benzene rings is 3. The van der Waals surface area contributed by atoms with Crippen molar-refractivity contribution in [2.75, 3.05) is 17.1 Å². The van der Waals surface area contributed by atoms with Gasteiger partial charge in [-0.15, -0.1) is 0 Å². The van der Waals surface area contributed by atoms with Crippen molar-refractivity contribution in [2.24, 2.45) is 0 Å². The van der Waals surface area contributed by atoms with Crippen LogP contribution < -0.4 is 9.62 Å². The number of nitrogens with zero attached hydrogens (tertiary/aromatic N) is 2. The van der Waals surface area contributed by atoms with Gasteiger partial charge in [0.25, 0.3) is 0 Å². The molecule has 0 aromatic heterocycles. The van der Waals surface area contributed by atoms with Crippen LogP contribution in [0.15, 0.2) is 78.9 Å². The van der Waals surface area contributed by atoms with E-state index in [1.165, 1.54) is 4.90 Å². The van der Waals surface area contributed by atoms with Gasteiger partial charge in [-0.2, -0.15) is 0 Å². The first-order valence-electron chi connectivity index (χ1n) is 12.7. The first-order chi connectivity index (χ1) is 18.0. The zero-order chi connectivity index (χ0) is 27.9. The van der Waals surface area contributed by atoms with E-state index >= 15 is 0 Å². The molecule has 0 bridgehead atoms. The minimum absolute atomic E-state index is 0.129. The molecule has 0 saturated carbocycles. The molecule has 3 rings (SSSR count). The molecule has 0 unspecified atom stereocenters. The van der Waals surface area contributed by atoms with E-state index in [2.05, 4.69) is 5.32 Å². The molecule has 3 aromatic carbocycles. The lowest BCUT2D eigenvalue weighted by molar-refractivity contribution is -0.140. The highest BCUT2D eigenvalue weighted by molar-refractivity contribution is 7.92. The minimum atomic E-state index is -3.79. The van der Waals surface area contributed by atoms with Crippen LogP contribution in [0.1, 0.15) is 36.1 Å². The Bertz CT molecular complexity index is 1360. The largest absolute Gasteiger partial charge is 0.352 e. The summed E-state index contributed by atoms with van der Waals surface area (Å²) < 4.78 is 26.9. The van der Waals surface area contributed by atoms with E-state index in [9.17, 15) is 18.0 Å². The number of sulfonamides is 1. The molecule has 8 heteroatoms. The Labute approximate surface area is 226 Å². The molecule has 1 N–H and O–H groups in total. The van der Waals surface area contributed by atoms with E-state index in [4.69, 9.17) is 0 Å². The third-order valence-corrected chi connectivity index (χ3v) is 7.49. The van der Waals surface area contributed by atoms with Gasteiger partial charge in [-0.3, -0.25) is 13.9 Å². The van der Waals surface area contributed by atoms with Gasteiger partial charge >= 0.3 is 0 Å². The summed E-state index contributed by atoms with van der Waals surface area (Å²) in [6.07, 6.45) is 1.38. The second-order valence-electron chi connectivity index (χ2n) is 9.87. The molecule has 0 aliphatic carbocycles. The standard InChI is InChI=1S/C30H37N3O4S/c1-22(2)31-30(35)28(19-25-15-7-6-8-16-25)32(20-26-17-11-9-13-23(26)3)29(34)21-33(38(5,36)37)27-18-12-10-14-24(27)4/h6-18,22,28H,19-21H2,1-5H3,(H,31,35)/t28-/m1/s1. The first-order valence-corrected chi connectivity index (χ1v) is 14.5. The molecule has 0 saturated heterocycles. The van der Waals surface area contributed by atoms with E-state index in [-0.39, 0.29) is 18.5 Å². The second-order valence-corrected chi connectivity index (χ2v) is 11.8. The number of amides is 2. The predicted octanol–water partition coefficient (Wildman–Crippen LogP) is 4.23. The summed E-state index contributed by atoms with van der Waals surface area (Å²) >= 11 is 0. The van der Waals surface area contributed by atoms with E-state index in [0.29, 0.717) is 12.1 Å². The van der Waals surface area contributed by atoms with E-state index in [1.807, 2.05) is 81.4 Å². The summed E-state index contributed by atoms with van der Waals surface area (Å²) in [5, 5.41) is 2.96. The lowest BCUT2D eigenvalue weighted by Crippen LogP contribution is -2.54. The number of carbonyl (C=O) groups is 2. The number of para-hydroxylation sites is 1. The zero-order valence-electron chi connectivity index (χ0n) is 22.7. The summed E-state index contributed by atoms with van der Waals surface area (Å²) in [6.45, 7) is 7.24. The third-order valence-electron chi connectivity index (χ3n) is 6.37. The Morgan fingerprint density at radius 3 is 2.00 bits per heavy atom. The Morgan fingerprint density at radius 1 is 0.842 bits per heavy atom. The molecule has 0 spiro atoms.